The van der Waals surface area contributed by atoms with Crippen LogP contribution in [0.15, 0.2) is 6.07 Å². The van der Waals surface area contributed by atoms with E-state index in [1.54, 1.807) is 14.1 Å². The van der Waals surface area contributed by atoms with Crippen LogP contribution in [-0.4, -0.2) is 81.7 Å². The second-order valence-corrected chi connectivity index (χ2v) is 7.80. The second kappa shape index (κ2) is 8.84. The highest BCUT2D eigenvalue weighted by molar-refractivity contribution is 5.78. The van der Waals surface area contributed by atoms with Crippen molar-refractivity contribution in [2.45, 2.75) is 51.3 Å². The maximum atomic E-state index is 12.7. The number of rotatable bonds is 5. The average molecular weight is 377 g/mol. The number of fused-ring (bicyclic) bond motifs is 1. The first-order valence-electron chi connectivity index (χ1n) is 9.89. The fourth-order valence-corrected chi connectivity index (χ4v) is 3.70. The molecule has 0 aromatic carbocycles. The molecule has 0 unspecified atom stereocenters. The van der Waals surface area contributed by atoms with Gasteiger partial charge in [-0.1, -0.05) is 12.8 Å². The van der Waals surface area contributed by atoms with Gasteiger partial charge in [-0.05, 0) is 32.0 Å². The molecule has 0 saturated carbocycles. The van der Waals surface area contributed by atoms with Crippen LogP contribution in [0.25, 0.3) is 0 Å². The smallest absolute Gasteiger partial charge is 0.237 e. The van der Waals surface area contributed by atoms with Gasteiger partial charge >= 0.3 is 0 Å². The molecule has 0 aliphatic carbocycles. The van der Waals surface area contributed by atoms with Crippen LogP contribution < -0.4 is 0 Å². The lowest BCUT2D eigenvalue weighted by molar-refractivity contribution is -0.134. The molecule has 1 aromatic heterocycles. The predicted octanol–water partition coefficient (Wildman–Crippen LogP) is 0.613. The maximum Gasteiger partial charge on any atom is 0.237 e. The molecule has 2 amide bonds. The number of aliphatic hydroxyl groups excluding tert-OH is 1. The van der Waals surface area contributed by atoms with Gasteiger partial charge in [0.15, 0.2) is 0 Å². The number of likely N-dealkylation sites (tertiary alicyclic amines) is 1. The predicted molar refractivity (Wildman–Crippen MR) is 101 cm³/mol. The van der Waals surface area contributed by atoms with Crippen molar-refractivity contribution in [3.63, 3.8) is 0 Å². The number of carbonyl (C=O) groups excluding carboxylic acids is 2. The van der Waals surface area contributed by atoms with Gasteiger partial charge in [-0.3, -0.25) is 19.2 Å². The van der Waals surface area contributed by atoms with Crippen LogP contribution in [0.4, 0.5) is 0 Å². The van der Waals surface area contributed by atoms with Gasteiger partial charge in [0.25, 0.3) is 0 Å². The third kappa shape index (κ3) is 5.07. The van der Waals surface area contributed by atoms with E-state index in [1.165, 1.54) is 30.6 Å². The normalized spacial score (nSPS) is 19.3. The Kier molecular flexibility index (Phi) is 6.49. The Labute approximate surface area is 160 Å². The minimum Gasteiger partial charge on any atom is -0.386 e. The van der Waals surface area contributed by atoms with E-state index in [4.69, 9.17) is 0 Å². The molecule has 8 heteroatoms. The Morgan fingerprint density at radius 1 is 1.15 bits per heavy atom. The van der Waals surface area contributed by atoms with E-state index >= 15 is 0 Å². The van der Waals surface area contributed by atoms with Crippen molar-refractivity contribution in [3.8, 4) is 0 Å². The molecule has 0 radical (unpaired) electrons. The first-order chi connectivity index (χ1) is 12.9. The molecule has 1 atom stereocenters. The van der Waals surface area contributed by atoms with E-state index in [9.17, 15) is 14.7 Å². The molecule has 1 saturated heterocycles. The van der Waals surface area contributed by atoms with Gasteiger partial charge in [0.1, 0.15) is 6.10 Å². The summed E-state index contributed by atoms with van der Waals surface area (Å²) in [5.41, 5.74) is 1.42. The van der Waals surface area contributed by atoms with Crippen LogP contribution in [0.1, 0.15) is 49.6 Å². The largest absolute Gasteiger partial charge is 0.386 e. The molecule has 150 valence electrons. The third-order valence-electron chi connectivity index (χ3n) is 5.44. The number of carbonyl (C=O) groups is 2. The monoisotopic (exact) mass is 377 g/mol. The number of aromatic nitrogens is 2. The fraction of sp³-hybridized carbons (Fsp3) is 0.737. The van der Waals surface area contributed by atoms with Crippen molar-refractivity contribution in [1.82, 2.24) is 24.5 Å². The zero-order valence-corrected chi connectivity index (χ0v) is 16.4. The molecule has 0 spiro atoms. The van der Waals surface area contributed by atoms with Crippen LogP contribution in [-0.2, 0) is 22.7 Å². The standard InChI is InChI=1S/C19H31N5O3/c1-21(2)18(26)12-17(25)16-11-15-13-23(9-10-24(15)20-16)19(27)14-22-7-5-3-4-6-8-22/h11,17,25H,3-10,12-14H2,1-2H3/t17-/m1/s1. The zero-order valence-electron chi connectivity index (χ0n) is 16.4. The molecule has 0 bridgehead atoms. The Morgan fingerprint density at radius 2 is 1.85 bits per heavy atom. The van der Waals surface area contributed by atoms with Crippen molar-refractivity contribution in [2.75, 3.05) is 40.3 Å². The molecule has 1 fully saturated rings. The van der Waals surface area contributed by atoms with E-state index < -0.39 is 6.10 Å². The molecular weight excluding hydrogens is 346 g/mol. The highest BCUT2D eigenvalue weighted by Crippen LogP contribution is 2.21. The summed E-state index contributed by atoms with van der Waals surface area (Å²) in [5.74, 6) is 0.0250. The van der Waals surface area contributed by atoms with Crippen molar-refractivity contribution < 1.29 is 14.7 Å². The van der Waals surface area contributed by atoms with Crippen LogP contribution in [0.2, 0.25) is 0 Å². The third-order valence-corrected chi connectivity index (χ3v) is 5.44. The van der Waals surface area contributed by atoms with E-state index in [0.29, 0.717) is 31.9 Å². The highest BCUT2D eigenvalue weighted by atomic mass is 16.3. The van der Waals surface area contributed by atoms with Gasteiger partial charge in [0.2, 0.25) is 11.8 Å². The molecule has 1 aromatic rings. The Morgan fingerprint density at radius 3 is 2.52 bits per heavy atom. The van der Waals surface area contributed by atoms with Gasteiger partial charge in [0.05, 0.1) is 37.4 Å². The van der Waals surface area contributed by atoms with Crippen LogP contribution in [0.5, 0.6) is 0 Å². The molecule has 3 heterocycles. The highest BCUT2D eigenvalue weighted by Gasteiger charge is 2.26. The first-order valence-corrected chi connectivity index (χ1v) is 9.89. The quantitative estimate of drug-likeness (QED) is 0.813. The van der Waals surface area contributed by atoms with E-state index in [-0.39, 0.29) is 18.2 Å². The van der Waals surface area contributed by atoms with Gasteiger partial charge in [0, 0.05) is 20.6 Å². The number of nitrogens with zero attached hydrogens (tertiary/aromatic N) is 5. The van der Waals surface area contributed by atoms with Crippen LogP contribution in [0, 0.1) is 0 Å². The molecule has 2 aliphatic heterocycles. The van der Waals surface area contributed by atoms with Crippen molar-refractivity contribution in [1.29, 1.82) is 0 Å². The lowest BCUT2D eigenvalue weighted by Crippen LogP contribution is -2.44. The summed E-state index contributed by atoms with van der Waals surface area (Å²) in [6, 6.07) is 1.82. The van der Waals surface area contributed by atoms with Crippen LogP contribution >= 0.6 is 0 Å². The summed E-state index contributed by atoms with van der Waals surface area (Å²) in [6.45, 7) is 4.26. The molecular formula is C19H31N5O3. The zero-order chi connectivity index (χ0) is 19.4. The SMILES string of the molecule is CN(C)C(=O)C[C@@H](O)c1cc2n(n1)CCN(C(=O)CN1CCCCCC1)C2. The Hall–Kier alpha value is -1.93. The molecule has 1 N–H and O–H groups in total. The fourth-order valence-electron chi connectivity index (χ4n) is 3.70. The molecule has 8 nitrogen and oxygen atoms in total. The minimum absolute atomic E-state index is 0.0149. The Bertz CT molecular complexity index is 664. The van der Waals surface area contributed by atoms with Gasteiger partial charge in [-0.15, -0.1) is 0 Å². The number of hydrogen-bond donors (Lipinski definition) is 1. The molecule has 2 aliphatic rings. The summed E-state index contributed by atoms with van der Waals surface area (Å²) >= 11 is 0. The minimum atomic E-state index is -0.917. The van der Waals surface area contributed by atoms with Crippen molar-refractivity contribution in [3.05, 3.63) is 17.5 Å². The van der Waals surface area contributed by atoms with Crippen molar-refractivity contribution in [2.24, 2.45) is 0 Å². The van der Waals surface area contributed by atoms with E-state index in [2.05, 4.69) is 10.00 Å². The summed E-state index contributed by atoms with van der Waals surface area (Å²) < 4.78 is 1.84. The number of hydrogen-bond acceptors (Lipinski definition) is 5. The summed E-state index contributed by atoms with van der Waals surface area (Å²) in [7, 11) is 3.34. The summed E-state index contributed by atoms with van der Waals surface area (Å²) in [5, 5.41) is 14.7. The first kappa shape index (κ1) is 19.8. The van der Waals surface area contributed by atoms with E-state index in [0.717, 1.165) is 18.8 Å². The topological polar surface area (TPSA) is 81.9 Å². The number of aliphatic hydroxyl groups is 1. The van der Waals surface area contributed by atoms with Crippen molar-refractivity contribution >= 4 is 11.8 Å². The van der Waals surface area contributed by atoms with Gasteiger partial charge in [-0.2, -0.15) is 5.10 Å². The van der Waals surface area contributed by atoms with Gasteiger partial charge < -0.3 is 14.9 Å². The van der Waals surface area contributed by atoms with Gasteiger partial charge in [-0.25, -0.2) is 0 Å². The number of amides is 2. The van der Waals surface area contributed by atoms with Crippen LogP contribution in [0.3, 0.4) is 0 Å². The average Bonchev–Trinajstić information content (AvgIpc) is 2.91. The lowest BCUT2D eigenvalue weighted by Gasteiger charge is -2.30. The second-order valence-electron chi connectivity index (χ2n) is 7.80. The summed E-state index contributed by atoms with van der Waals surface area (Å²) in [6.07, 6.45) is 3.96. The lowest BCUT2D eigenvalue weighted by atomic mass is 10.1. The molecule has 3 rings (SSSR count). The Balaban J connectivity index is 1.58. The van der Waals surface area contributed by atoms with E-state index in [1.807, 2.05) is 15.6 Å². The molecule has 27 heavy (non-hydrogen) atoms. The maximum absolute atomic E-state index is 12.7. The summed E-state index contributed by atoms with van der Waals surface area (Å²) in [4.78, 5) is 30.1.